The molecule has 0 unspecified atom stereocenters. The highest BCUT2D eigenvalue weighted by atomic mass is 16.5. The van der Waals surface area contributed by atoms with Crippen molar-refractivity contribution in [2.24, 2.45) is 11.8 Å². The maximum absolute atomic E-state index is 13.6. The van der Waals surface area contributed by atoms with Crippen molar-refractivity contribution in [3.8, 4) is 0 Å². The fourth-order valence-corrected chi connectivity index (χ4v) is 5.45. The minimum absolute atomic E-state index is 0.200. The van der Waals surface area contributed by atoms with Crippen molar-refractivity contribution in [2.45, 2.75) is 24.4 Å². The van der Waals surface area contributed by atoms with Gasteiger partial charge in [0.1, 0.15) is 5.54 Å². The lowest BCUT2D eigenvalue weighted by Gasteiger charge is -2.29. The minimum atomic E-state index is -1.23. The second-order valence-electron chi connectivity index (χ2n) is 8.43. The molecule has 2 N–H and O–H groups in total. The molecule has 2 aromatic carbocycles. The molecule has 3 amide bonds. The van der Waals surface area contributed by atoms with Gasteiger partial charge in [-0.2, -0.15) is 0 Å². The third kappa shape index (κ3) is 2.91. The number of nitrogens with one attached hydrogen (secondary N) is 2. The van der Waals surface area contributed by atoms with E-state index in [1.165, 1.54) is 4.90 Å². The molecule has 1 spiro atoms. The molecule has 31 heavy (non-hydrogen) atoms. The van der Waals surface area contributed by atoms with Gasteiger partial charge in [0.2, 0.25) is 17.7 Å². The Bertz CT molecular complexity index is 1040. The van der Waals surface area contributed by atoms with Crippen molar-refractivity contribution in [3.63, 3.8) is 0 Å². The van der Waals surface area contributed by atoms with E-state index in [9.17, 15) is 14.4 Å². The lowest BCUT2D eigenvalue weighted by Crippen LogP contribution is -2.53. The van der Waals surface area contributed by atoms with Crippen LogP contribution in [0.3, 0.4) is 0 Å². The molecule has 0 aliphatic carbocycles. The summed E-state index contributed by atoms with van der Waals surface area (Å²) < 4.78 is 5.10. The van der Waals surface area contributed by atoms with E-state index in [4.69, 9.17) is 4.74 Å². The van der Waals surface area contributed by atoms with Crippen LogP contribution in [0.2, 0.25) is 0 Å². The van der Waals surface area contributed by atoms with Crippen LogP contribution >= 0.6 is 0 Å². The lowest BCUT2D eigenvalue weighted by molar-refractivity contribution is -0.143. The Balaban J connectivity index is 1.57. The molecule has 2 fully saturated rings. The van der Waals surface area contributed by atoms with Gasteiger partial charge in [-0.15, -0.1) is 0 Å². The summed E-state index contributed by atoms with van der Waals surface area (Å²) >= 11 is 0. The van der Waals surface area contributed by atoms with Crippen LogP contribution in [0.4, 0.5) is 5.69 Å². The van der Waals surface area contributed by atoms with Crippen LogP contribution in [0.25, 0.3) is 0 Å². The molecule has 3 aliphatic rings. The second-order valence-corrected chi connectivity index (χ2v) is 8.43. The van der Waals surface area contributed by atoms with E-state index in [0.29, 0.717) is 31.7 Å². The fourth-order valence-electron chi connectivity index (χ4n) is 5.45. The Morgan fingerprint density at radius 1 is 1.00 bits per heavy atom. The summed E-state index contributed by atoms with van der Waals surface area (Å²) in [6.45, 7) is 0.766. The van der Waals surface area contributed by atoms with E-state index in [0.717, 1.165) is 11.1 Å². The van der Waals surface area contributed by atoms with Crippen molar-refractivity contribution in [2.75, 3.05) is 25.6 Å². The van der Waals surface area contributed by atoms with Gasteiger partial charge in [0, 0.05) is 37.6 Å². The van der Waals surface area contributed by atoms with Crippen LogP contribution in [0.15, 0.2) is 54.6 Å². The molecule has 3 heterocycles. The van der Waals surface area contributed by atoms with E-state index in [1.54, 1.807) is 7.11 Å². The average molecular weight is 419 g/mol. The number of amides is 3. The quantitative estimate of drug-likeness (QED) is 0.550. The van der Waals surface area contributed by atoms with E-state index in [-0.39, 0.29) is 23.8 Å². The molecule has 4 atom stereocenters. The lowest BCUT2D eigenvalue weighted by atomic mass is 9.76. The largest absolute Gasteiger partial charge is 0.385 e. The number of hydrogen-bond donors (Lipinski definition) is 2. The van der Waals surface area contributed by atoms with Crippen LogP contribution < -0.4 is 10.6 Å². The molecule has 7 nitrogen and oxygen atoms in total. The summed E-state index contributed by atoms with van der Waals surface area (Å²) in [5.41, 5.74) is 1.26. The van der Waals surface area contributed by atoms with Crippen LogP contribution in [0.5, 0.6) is 0 Å². The minimum Gasteiger partial charge on any atom is -0.385 e. The standard InChI is InChI=1S/C24H25N3O4/c1-31-13-7-12-27-21(28)19-18(14-15-8-3-2-4-9-15)26-24(20(19)22(27)29)16-10-5-6-11-17(16)25-23(24)30/h2-6,8-11,18-20,26H,7,12-14H2,1H3,(H,25,30)/t18-,19-,20+,24-/m1/s1. The number of likely N-dealkylation sites (tertiary alicyclic amines) is 1. The number of anilines is 1. The summed E-state index contributed by atoms with van der Waals surface area (Å²) in [7, 11) is 1.59. The average Bonchev–Trinajstić information content (AvgIpc) is 3.35. The van der Waals surface area contributed by atoms with Crippen molar-refractivity contribution < 1.29 is 19.1 Å². The Kier molecular flexibility index (Phi) is 4.87. The number of benzene rings is 2. The highest BCUT2D eigenvalue weighted by Gasteiger charge is 2.70. The van der Waals surface area contributed by atoms with Crippen molar-refractivity contribution in [1.82, 2.24) is 10.2 Å². The van der Waals surface area contributed by atoms with Gasteiger partial charge in [-0.05, 0) is 24.5 Å². The smallest absolute Gasteiger partial charge is 0.250 e. The van der Waals surface area contributed by atoms with Crippen LogP contribution in [0.1, 0.15) is 17.5 Å². The molecular formula is C24H25N3O4. The van der Waals surface area contributed by atoms with Crippen molar-refractivity contribution in [3.05, 3.63) is 65.7 Å². The predicted octanol–water partition coefficient (Wildman–Crippen LogP) is 1.69. The van der Waals surface area contributed by atoms with Crippen molar-refractivity contribution >= 4 is 23.4 Å². The molecule has 0 aromatic heterocycles. The molecule has 2 saturated heterocycles. The number of carbonyl (C=O) groups excluding carboxylic acids is 3. The van der Waals surface area contributed by atoms with Gasteiger partial charge < -0.3 is 10.1 Å². The zero-order valence-corrected chi connectivity index (χ0v) is 17.3. The second kappa shape index (κ2) is 7.59. The number of rotatable bonds is 6. The first-order chi connectivity index (χ1) is 15.1. The molecule has 0 radical (unpaired) electrons. The Morgan fingerprint density at radius 3 is 2.52 bits per heavy atom. The monoisotopic (exact) mass is 419 g/mol. The molecular weight excluding hydrogens is 394 g/mol. The number of para-hydroxylation sites is 1. The maximum atomic E-state index is 13.6. The number of methoxy groups -OCH3 is 1. The van der Waals surface area contributed by atoms with E-state index >= 15 is 0 Å². The molecule has 5 rings (SSSR count). The first-order valence-corrected chi connectivity index (χ1v) is 10.6. The number of hydrogen-bond acceptors (Lipinski definition) is 5. The highest BCUT2D eigenvalue weighted by Crippen LogP contribution is 2.53. The summed E-state index contributed by atoms with van der Waals surface area (Å²) in [6.07, 6.45) is 1.13. The normalized spacial score (nSPS) is 28.9. The van der Waals surface area contributed by atoms with Crippen molar-refractivity contribution in [1.29, 1.82) is 0 Å². The number of carbonyl (C=O) groups is 3. The van der Waals surface area contributed by atoms with Gasteiger partial charge >= 0.3 is 0 Å². The van der Waals surface area contributed by atoms with Gasteiger partial charge in [-0.1, -0.05) is 48.5 Å². The third-order valence-electron chi connectivity index (χ3n) is 6.74. The van der Waals surface area contributed by atoms with E-state index < -0.39 is 17.4 Å². The Morgan fingerprint density at radius 2 is 1.74 bits per heavy atom. The molecule has 2 aromatic rings. The molecule has 0 bridgehead atoms. The molecule has 160 valence electrons. The third-order valence-corrected chi connectivity index (χ3v) is 6.74. The van der Waals surface area contributed by atoms with Crippen LogP contribution in [-0.2, 0) is 31.1 Å². The van der Waals surface area contributed by atoms with Gasteiger partial charge in [-0.3, -0.25) is 24.6 Å². The number of fused-ring (bicyclic) bond motifs is 4. The van der Waals surface area contributed by atoms with Gasteiger partial charge in [0.25, 0.3) is 0 Å². The van der Waals surface area contributed by atoms with Crippen LogP contribution in [0, 0.1) is 11.8 Å². The summed E-state index contributed by atoms with van der Waals surface area (Å²) in [5.74, 6) is -2.10. The maximum Gasteiger partial charge on any atom is 0.250 e. The first kappa shape index (κ1) is 19.9. The predicted molar refractivity (Wildman–Crippen MR) is 114 cm³/mol. The zero-order chi connectivity index (χ0) is 21.6. The SMILES string of the molecule is COCCCN1C(=O)[C@H]2[C@@H](C1=O)[C@@]1(N[C@@H]2Cc2ccccc2)C(=O)Nc2ccccc21. The van der Waals surface area contributed by atoms with Crippen LogP contribution in [-0.4, -0.2) is 48.9 Å². The number of imide groups is 1. The Labute approximate surface area is 180 Å². The zero-order valence-electron chi connectivity index (χ0n) is 17.3. The number of ether oxygens (including phenoxy) is 1. The number of nitrogens with zero attached hydrogens (tertiary/aromatic N) is 1. The van der Waals surface area contributed by atoms with Gasteiger partial charge in [0.05, 0.1) is 11.8 Å². The molecule has 3 aliphatic heterocycles. The summed E-state index contributed by atoms with van der Waals surface area (Å²) in [5, 5.41) is 6.39. The molecule has 0 saturated carbocycles. The summed E-state index contributed by atoms with van der Waals surface area (Å²) in [4.78, 5) is 41.7. The van der Waals surface area contributed by atoms with E-state index in [2.05, 4.69) is 10.6 Å². The fraction of sp³-hybridized carbons (Fsp3) is 0.375. The first-order valence-electron chi connectivity index (χ1n) is 10.6. The van der Waals surface area contributed by atoms with Gasteiger partial charge in [-0.25, -0.2) is 0 Å². The van der Waals surface area contributed by atoms with Gasteiger partial charge in [0.15, 0.2) is 0 Å². The topological polar surface area (TPSA) is 87.7 Å². The summed E-state index contributed by atoms with van der Waals surface area (Å²) in [6, 6.07) is 16.9. The molecule has 7 heteroatoms. The highest BCUT2D eigenvalue weighted by molar-refractivity contribution is 6.15. The Hall–Kier alpha value is -3.03. The van der Waals surface area contributed by atoms with E-state index in [1.807, 2.05) is 54.6 Å².